The summed E-state index contributed by atoms with van der Waals surface area (Å²) in [5.41, 5.74) is 1.20. The minimum Gasteiger partial charge on any atom is -0.350 e. The van der Waals surface area contributed by atoms with Crippen LogP contribution in [0.15, 0.2) is 42.2 Å². The molecule has 0 aliphatic heterocycles. The standard InChI is InChI=1S/C19H28FNO/c1-2-3-4-5-9-15-19(22)21-16-18(20)14-10-13-17-11-7-6-8-12-17/h6-8,11-12,14H,2-5,9-10,13,15-16H2,1H3,(H,21,22)/b18-14-. The number of aryl methyl sites for hydroxylation is 1. The van der Waals surface area contributed by atoms with Crippen molar-refractivity contribution >= 4 is 5.91 Å². The van der Waals surface area contributed by atoms with Crippen molar-refractivity contribution in [3.63, 3.8) is 0 Å². The lowest BCUT2D eigenvalue weighted by atomic mass is 10.1. The van der Waals surface area contributed by atoms with Gasteiger partial charge in [0.1, 0.15) is 5.83 Å². The molecule has 0 spiro atoms. The smallest absolute Gasteiger partial charge is 0.220 e. The van der Waals surface area contributed by atoms with E-state index in [2.05, 4.69) is 12.2 Å². The molecule has 3 heteroatoms. The molecule has 0 unspecified atom stereocenters. The van der Waals surface area contributed by atoms with E-state index in [0.29, 0.717) is 12.8 Å². The number of hydrogen-bond donors (Lipinski definition) is 1. The molecule has 0 bridgehead atoms. The quantitative estimate of drug-likeness (QED) is 0.576. The highest BCUT2D eigenvalue weighted by Gasteiger charge is 2.02. The van der Waals surface area contributed by atoms with E-state index in [1.807, 2.05) is 30.3 Å². The fraction of sp³-hybridized carbons (Fsp3) is 0.526. The summed E-state index contributed by atoms with van der Waals surface area (Å²) in [5, 5.41) is 2.64. The van der Waals surface area contributed by atoms with Gasteiger partial charge < -0.3 is 5.32 Å². The molecule has 0 aliphatic carbocycles. The average Bonchev–Trinajstić information content (AvgIpc) is 2.54. The Hall–Kier alpha value is -1.64. The Balaban J connectivity index is 2.09. The first kappa shape index (κ1) is 18.4. The van der Waals surface area contributed by atoms with Gasteiger partial charge in [-0.2, -0.15) is 0 Å². The SMILES string of the molecule is CCCCCCCC(=O)NC/C(F)=C/CCc1ccccc1. The van der Waals surface area contributed by atoms with Gasteiger partial charge in [-0.25, -0.2) is 4.39 Å². The molecule has 1 aromatic carbocycles. The van der Waals surface area contributed by atoms with E-state index in [4.69, 9.17) is 0 Å². The fourth-order valence-corrected chi connectivity index (χ4v) is 2.27. The van der Waals surface area contributed by atoms with Gasteiger partial charge in [0.2, 0.25) is 5.91 Å². The summed E-state index contributed by atoms with van der Waals surface area (Å²) in [4.78, 5) is 11.6. The minimum absolute atomic E-state index is 0.0165. The molecule has 1 N–H and O–H groups in total. The second-order valence-corrected chi connectivity index (χ2v) is 5.62. The van der Waals surface area contributed by atoms with Gasteiger partial charge in [0, 0.05) is 6.42 Å². The number of carbonyl (C=O) groups excluding carboxylic acids is 1. The number of hydrogen-bond acceptors (Lipinski definition) is 1. The van der Waals surface area contributed by atoms with Crippen LogP contribution in [0.3, 0.4) is 0 Å². The Labute approximate surface area is 133 Å². The number of unbranched alkanes of at least 4 members (excludes halogenated alkanes) is 4. The van der Waals surface area contributed by atoms with Gasteiger partial charge in [-0.1, -0.05) is 69.0 Å². The first-order valence-corrected chi connectivity index (χ1v) is 8.37. The Morgan fingerprint density at radius 3 is 2.59 bits per heavy atom. The number of benzene rings is 1. The van der Waals surface area contributed by atoms with Gasteiger partial charge in [-0.15, -0.1) is 0 Å². The number of nitrogens with one attached hydrogen (secondary N) is 1. The number of amides is 1. The first-order valence-electron chi connectivity index (χ1n) is 8.37. The lowest BCUT2D eigenvalue weighted by molar-refractivity contribution is -0.121. The molecule has 0 radical (unpaired) electrons. The van der Waals surface area contributed by atoms with E-state index in [-0.39, 0.29) is 18.3 Å². The van der Waals surface area contributed by atoms with Crippen LogP contribution in [0.4, 0.5) is 4.39 Å². The van der Waals surface area contributed by atoms with Crippen molar-refractivity contribution in [2.45, 2.75) is 58.3 Å². The maximum Gasteiger partial charge on any atom is 0.220 e. The highest BCUT2D eigenvalue weighted by Crippen LogP contribution is 2.07. The summed E-state index contributed by atoms with van der Waals surface area (Å²) < 4.78 is 13.6. The molecule has 0 fully saturated rings. The van der Waals surface area contributed by atoms with E-state index in [9.17, 15) is 9.18 Å². The van der Waals surface area contributed by atoms with Gasteiger partial charge >= 0.3 is 0 Å². The molecule has 0 saturated heterocycles. The summed E-state index contributed by atoms with van der Waals surface area (Å²) in [7, 11) is 0. The van der Waals surface area contributed by atoms with Gasteiger partial charge in [0.25, 0.3) is 0 Å². The van der Waals surface area contributed by atoms with Gasteiger partial charge in [0.15, 0.2) is 0 Å². The Morgan fingerprint density at radius 1 is 1.14 bits per heavy atom. The minimum atomic E-state index is -0.254. The maximum atomic E-state index is 13.6. The fourth-order valence-electron chi connectivity index (χ4n) is 2.27. The molecule has 1 rings (SSSR count). The Kier molecular flexibility index (Phi) is 10.0. The van der Waals surface area contributed by atoms with E-state index < -0.39 is 0 Å². The topological polar surface area (TPSA) is 29.1 Å². The summed E-state index contributed by atoms with van der Waals surface area (Å²) in [6.07, 6.45) is 9.11. The Morgan fingerprint density at radius 2 is 1.86 bits per heavy atom. The zero-order chi connectivity index (χ0) is 16.0. The van der Waals surface area contributed by atoms with Crippen LogP contribution in [0, 0.1) is 0 Å². The highest BCUT2D eigenvalue weighted by molar-refractivity contribution is 5.76. The zero-order valence-corrected chi connectivity index (χ0v) is 13.6. The third kappa shape index (κ3) is 9.32. The summed E-state index contributed by atoms with van der Waals surface area (Å²) in [6, 6.07) is 10.0. The molecule has 0 aromatic heterocycles. The van der Waals surface area contributed by atoms with Crippen LogP contribution in [-0.4, -0.2) is 12.5 Å². The second kappa shape index (κ2) is 12.0. The molecule has 0 heterocycles. The Bertz CT molecular complexity index is 442. The number of halogens is 1. The molecule has 122 valence electrons. The highest BCUT2D eigenvalue weighted by atomic mass is 19.1. The van der Waals surface area contributed by atoms with Crippen molar-refractivity contribution in [2.75, 3.05) is 6.54 Å². The molecular weight excluding hydrogens is 277 g/mol. The molecule has 1 aromatic rings. The van der Waals surface area contributed by atoms with E-state index >= 15 is 0 Å². The average molecular weight is 305 g/mol. The molecule has 0 aliphatic rings. The van der Waals surface area contributed by atoms with Crippen LogP contribution >= 0.6 is 0 Å². The van der Waals surface area contributed by atoms with Gasteiger partial charge in [-0.3, -0.25) is 4.79 Å². The first-order chi connectivity index (χ1) is 10.7. The molecule has 2 nitrogen and oxygen atoms in total. The van der Waals surface area contributed by atoms with Crippen molar-refractivity contribution in [2.24, 2.45) is 0 Å². The summed E-state index contributed by atoms with van der Waals surface area (Å²) in [6.45, 7) is 2.18. The van der Waals surface area contributed by atoms with Crippen LogP contribution in [0.25, 0.3) is 0 Å². The van der Waals surface area contributed by atoms with Crippen LogP contribution < -0.4 is 5.32 Å². The molecule has 0 atom stereocenters. The molecule has 22 heavy (non-hydrogen) atoms. The molecule has 0 saturated carbocycles. The third-order valence-corrected chi connectivity index (χ3v) is 3.60. The molecule has 1 amide bonds. The normalized spacial score (nSPS) is 11.5. The monoisotopic (exact) mass is 305 g/mol. The van der Waals surface area contributed by atoms with Crippen LogP contribution in [-0.2, 0) is 11.2 Å². The van der Waals surface area contributed by atoms with Crippen molar-refractivity contribution in [1.29, 1.82) is 0 Å². The van der Waals surface area contributed by atoms with Crippen molar-refractivity contribution in [1.82, 2.24) is 5.32 Å². The predicted octanol–water partition coefficient (Wildman–Crippen LogP) is 4.95. The van der Waals surface area contributed by atoms with E-state index in [0.717, 1.165) is 19.3 Å². The molecular formula is C19H28FNO. The van der Waals surface area contributed by atoms with Crippen LogP contribution in [0.1, 0.15) is 57.4 Å². The van der Waals surface area contributed by atoms with Crippen molar-refractivity contribution < 1.29 is 9.18 Å². The number of allylic oxidation sites excluding steroid dienone is 1. The number of carbonyl (C=O) groups is 1. The third-order valence-electron chi connectivity index (χ3n) is 3.60. The lowest BCUT2D eigenvalue weighted by Crippen LogP contribution is -2.24. The second-order valence-electron chi connectivity index (χ2n) is 5.62. The van der Waals surface area contributed by atoms with Crippen LogP contribution in [0.2, 0.25) is 0 Å². The zero-order valence-electron chi connectivity index (χ0n) is 13.6. The predicted molar refractivity (Wildman–Crippen MR) is 90.3 cm³/mol. The van der Waals surface area contributed by atoms with Gasteiger partial charge in [0.05, 0.1) is 6.54 Å². The largest absolute Gasteiger partial charge is 0.350 e. The van der Waals surface area contributed by atoms with E-state index in [1.165, 1.54) is 24.8 Å². The van der Waals surface area contributed by atoms with E-state index in [1.54, 1.807) is 6.08 Å². The lowest BCUT2D eigenvalue weighted by Gasteiger charge is -2.04. The summed E-state index contributed by atoms with van der Waals surface area (Å²) >= 11 is 0. The summed E-state index contributed by atoms with van der Waals surface area (Å²) in [5.74, 6) is -0.307. The number of rotatable bonds is 11. The van der Waals surface area contributed by atoms with Crippen molar-refractivity contribution in [3.8, 4) is 0 Å². The van der Waals surface area contributed by atoms with Crippen molar-refractivity contribution in [3.05, 3.63) is 47.8 Å². The maximum absolute atomic E-state index is 13.6. The van der Waals surface area contributed by atoms with Gasteiger partial charge in [-0.05, 0) is 24.8 Å². The van der Waals surface area contributed by atoms with Crippen LogP contribution in [0.5, 0.6) is 0 Å².